The average Bonchev–Trinajstić information content (AvgIpc) is 3.22. The van der Waals surface area contributed by atoms with Gasteiger partial charge in [-0.2, -0.15) is 0 Å². The monoisotopic (exact) mass is 468 g/mol. The highest BCUT2D eigenvalue weighted by molar-refractivity contribution is 5.85. The molecule has 4 rings (SSSR count). The van der Waals surface area contributed by atoms with Gasteiger partial charge < -0.3 is 20.4 Å². The molecule has 2 heterocycles. The zero-order valence-corrected chi connectivity index (χ0v) is 20.9. The molecule has 4 amide bonds. The fraction of sp³-hybridized carbons (Fsp3) is 0.667. The number of nitrogens with zero attached hydrogens (tertiary/aromatic N) is 2. The van der Waals surface area contributed by atoms with Crippen molar-refractivity contribution >= 4 is 17.8 Å². The molecule has 1 aliphatic carbocycles. The van der Waals surface area contributed by atoms with Crippen molar-refractivity contribution in [3.63, 3.8) is 0 Å². The second kappa shape index (κ2) is 10.4. The van der Waals surface area contributed by atoms with Crippen LogP contribution in [0.15, 0.2) is 24.3 Å². The number of fused-ring (bicyclic) bond motifs is 2. The molecule has 7 heteroatoms. The first-order chi connectivity index (χ1) is 16.2. The molecule has 1 saturated carbocycles. The van der Waals surface area contributed by atoms with Crippen molar-refractivity contribution < 1.29 is 14.4 Å². The molecule has 2 fully saturated rings. The highest BCUT2D eigenvalue weighted by Crippen LogP contribution is 2.37. The minimum atomic E-state index is -0.365. The highest BCUT2D eigenvalue weighted by atomic mass is 16.2. The Hall–Kier alpha value is -2.57. The molecular formula is C27H40N4O3. The molecule has 1 aromatic rings. The van der Waals surface area contributed by atoms with Gasteiger partial charge in [0.05, 0.1) is 5.92 Å². The quantitative estimate of drug-likeness (QED) is 0.662. The van der Waals surface area contributed by atoms with Gasteiger partial charge in [-0.05, 0) is 64.0 Å². The van der Waals surface area contributed by atoms with E-state index in [4.69, 9.17) is 0 Å². The summed E-state index contributed by atoms with van der Waals surface area (Å²) >= 11 is 0. The van der Waals surface area contributed by atoms with Crippen molar-refractivity contribution in [3.05, 3.63) is 35.4 Å². The van der Waals surface area contributed by atoms with E-state index in [0.29, 0.717) is 39.0 Å². The first-order valence-corrected chi connectivity index (χ1v) is 12.9. The van der Waals surface area contributed by atoms with E-state index in [2.05, 4.69) is 22.8 Å². The second-order valence-electron chi connectivity index (χ2n) is 11.2. The van der Waals surface area contributed by atoms with E-state index in [1.807, 2.05) is 42.7 Å². The van der Waals surface area contributed by atoms with Crippen LogP contribution in [-0.2, 0) is 22.6 Å². The van der Waals surface area contributed by atoms with Gasteiger partial charge in [0.1, 0.15) is 0 Å². The van der Waals surface area contributed by atoms with Gasteiger partial charge >= 0.3 is 6.03 Å². The van der Waals surface area contributed by atoms with Gasteiger partial charge in [-0.3, -0.25) is 9.59 Å². The van der Waals surface area contributed by atoms with E-state index in [0.717, 1.165) is 32.1 Å². The topological polar surface area (TPSA) is 81.8 Å². The van der Waals surface area contributed by atoms with Crippen LogP contribution in [0, 0.1) is 11.8 Å². The summed E-state index contributed by atoms with van der Waals surface area (Å²) in [6, 6.07) is 7.92. The van der Waals surface area contributed by atoms with Crippen LogP contribution in [0.2, 0.25) is 0 Å². The van der Waals surface area contributed by atoms with Gasteiger partial charge in [0.15, 0.2) is 0 Å². The van der Waals surface area contributed by atoms with Crippen molar-refractivity contribution in [1.82, 2.24) is 20.4 Å². The van der Waals surface area contributed by atoms with Gasteiger partial charge in [-0.15, -0.1) is 0 Å². The standard InChI is InChI=1S/C27H40N4O3/c1-27(2,3)29-26(34)31-14-9-5-4-8-13-28-24(32)22-16-21(17-23(22)31)25(33)30-15-12-19-10-6-7-11-20(19)18-30/h6-7,10-11,21-23H,4-5,8-9,12-18H2,1-3H3,(H,28,32)(H,29,34)/t21-,22-,23+/m1/s1. The third kappa shape index (κ3) is 5.73. The van der Waals surface area contributed by atoms with Crippen LogP contribution >= 0.6 is 0 Å². The normalized spacial score (nSPS) is 26.1. The molecule has 0 radical (unpaired) electrons. The molecule has 1 saturated heterocycles. The molecule has 186 valence electrons. The van der Waals surface area contributed by atoms with E-state index in [9.17, 15) is 14.4 Å². The Labute approximate surface area is 203 Å². The fourth-order valence-corrected chi connectivity index (χ4v) is 5.70. The summed E-state index contributed by atoms with van der Waals surface area (Å²) in [6.07, 6.45) is 5.86. The number of urea groups is 1. The van der Waals surface area contributed by atoms with Crippen LogP contribution in [-0.4, -0.2) is 58.9 Å². The molecule has 0 bridgehead atoms. The van der Waals surface area contributed by atoms with Crippen LogP contribution in [0.3, 0.4) is 0 Å². The summed E-state index contributed by atoms with van der Waals surface area (Å²) < 4.78 is 0. The number of rotatable bonds is 1. The maximum absolute atomic E-state index is 13.6. The number of amides is 4. The predicted molar refractivity (Wildman–Crippen MR) is 132 cm³/mol. The Morgan fingerprint density at radius 3 is 2.50 bits per heavy atom. The summed E-state index contributed by atoms with van der Waals surface area (Å²) in [5.41, 5.74) is 2.16. The van der Waals surface area contributed by atoms with Crippen molar-refractivity contribution in [2.75, 3.05) is 19.6 Å². The number of hydrogen-bond donors (Lipinski definition) is 2. The molecule has 1 aromatic carbocycles. The number of carbonyl (C=O) groups is 3. The third-order valence-electron chi connectivity index (χ3n) is 7.43. The Bertz CT molecular complexity index is 909. The summed E-state index contributed by atoms with van der Waals surface area (Å²) in [5, 5.41) is 6.18. The van der Waals surface area contributed by atoms with Crippen LogP contribution in [0.5, 0.6) is 0 Å². The molecule has 34 heavy (non-hydrogen) atoms. The van der Waals surface area contributed by atoms with Crippen molar-refractivity contribution in [1.29, 1.82) is 0 Å². The first kappa shape index (κ1) is 24.6. The minimum Gasteiger partial charge on any atom is -0.356 e. The lowest BCUT2D eigenvalue weighted by molar-refractivity contribution is -0.136. The highest BCUT2D eigenvalue weighted by Gasteiger charge is 2.47. The zero-order chi connectivity index (χ0) is 24.3. The lowest BCUT2D eigenvalue weighted by atomic mass is 9.97. The Morgan fingerprint density at radius 1 is 1.00 bits per heavy atom. The smallest absolute Gasteiger partial charge is 0.318 e. The van der Waals surface area contributed by atoms with Crippen molar-refractivity contribution in [2.45, 2.75) is 83.8 Å². The molecule has 2 aliphatic heterocycles. The lowest BCUT2D eigenvalue weighted by Gasteiger charge is -2.35. The largest absolute Gasteiger partial charge is 0.356 e. The van der Waals surface area contributed by atoms with Crippen LogP contribution < -0.4 is 10.6 Å². The minimum absolute atomic E-state index is 0.0141. The van der Waals surface area contributed by atoms with Crippen LogP contribution in [0.4, 0.5) is 4.79 Å². The van der Waals surface area contributed by atoms with E-state index in [1.54, 1.807) is 0 Å². The third-order valence-corrected chi connectivity index (χ3v) is 7.43. The summed E-state index contributed by atoms with van der Waals surface area (Å²) in [5.74, 6) is -0.480. The van der Waals surface area contributed by atoms with E-state index < -0.39 is 0 Å². The molecule has 0 unspecified atom stereocenters. The van der Waals surface area contributed by atoms with Crippen LogP contribution in [0.25, 0.3) is 0 Å². The Kier molecular flexibility index (Phi) is 7.48. The average molecular weight is 469 g/mol. The maximum Gasteiger partial charge on any atom is 0.318 e. The molecule has 2 N–H and O–H groups in total. The number of hydrogen-bond acceptors (Lipinski definition) is 3. The zero-order valence-electron chi connectivity index (χ0n) is 20.9. The summed E-state index contributed by atoms with van der Waals surface area (Å²) in [6.45, 7) is 8.53. The second-order valence-corrected chi connectivity index (χ2v) is 11.2. The van der Waals surface area contributed by atoms with Gasteiger partial charge in [0.2, 0.25) is 11.8 Å². The van der Waals surface area contributed by atoms with Gasteiger partial charge in [0, 0.05) is 43.7 Å². The molecule has 0 aromatic heterocycles. The summed E-state index contributed by atoms with van der Waals surface area (Å²) in [7, 11) is 0. The maximum atomic E-state index is 13.6. The lowest BCUT2D eigenvalue weighted by Crippen LogP contribution is -2.54. The van der Waals surface area contributed by atoms with Crippen molar-refractivity contribution in [2.24, 2.45) is 11.8 Å². The molecular weight excluding hydrogens is 428 g/mol. The Morgan fingerprint density at radius 2 is 1.74 bits per heavy atom. The number of nitrogens with one attached hydrogen (secondary N) is 2. The van der Waals surface area contributed by atoms with Crippen molar-refractivity contribution in [3.8, 4) is 0 Å². The van der Waals surface area contributed by atoms with Gasteiger partial charge in [-0.25, -0.2) is 4.79 Å². The summed E-state index contributed by atoms with van der Waals surface area (Å²) in [4.78, 5) is 43.9. The fourth-order valence-electron chi connectivity index (χ4n) is 5.70. The molecule has 3 atom stereocenters. The number of benzene rings is 1. The molecule has 7 nitrogen and oxygen atoms in total. The predicted octanol–water partition coefficient (Wildman–Crippen LogP) is 3.47. The Balaban J connectivity index is 1.54. The van der Waals surface area contributed by atoms with E-state index in [-0.39, 0.29) is 41.3 Å². The first-order valence-electron chi connectivity index (χ1n) is 12.9. The SMILES string of the molecule is CC(C)(C)NC(=O)N1CCCCCCNC(=O)[C@@H]2C[C@@H](C(=O)N3CCc4ccccc4C3)C[C@@H]21. The molecule has 3 aliphatic rings. The van der Waals surface area contributed by atoms with E-state index >= 15 is 0 Å². The van der Waals surface area contributed by atoms with Gasteiger partial charge in [0.25, 0.3) is 0 Å². The van der Waals surface area contributed by atoms with E-state index in [1.165, 1.54) is 11.1 Å². The number of carbonyl (C=O) groups excluding carboxylic acids is 3. The molecule has 0 spiro atoms. The van der Waals surface area contributed by atoms with Gasteiger partial charge in [-0.1, -0.05) is 37.1 Å². The van der Waals surface area contributed by atoms with Crippen LogP contribution in [0.1, 0.15) is 70.4 Å².